The van der Waals surface area contributed by atoms with Gasteiger partial charge < -0.3 is 9.13 Å². The van der Waals surface area contributed by atoms with Crippen LogP contribution in [0.2, 0.25) is 0 Å². The Labute approximate surface area is 468 Å². The van der Waals surface area contributed by atoms with Gasteiger partial charge in [-0.1, -0.05) is 218 Å². The lowest BCUT2D eigenvalue weighted by Gasteiger charge is -2.26. The molecule has 0 saturated carbocycles. The average Bonchev–Trinajstić information content (AvgIpc) is 4.47. The highest BCUT2D eigenvalue weighted by Crippen LogP contribution is 2.55. The lowest BCUT2D eigenvalue weighted by atomic mass is 9.86. The Morgan fingerprint density at radius 3 is 1.40 bits per heavy atom. The zero-order chi connectivity index (χ0) is 53.0. The molecule has 0 aliphatic heterocycles. The van der Waals surface area contributed by atoms with E-state index in [0.29, 0.717) is 22.5 Å². The van der Waals surface area contributed by atoms with E-state index in [1.807, 2.05) is 29.5 Å². The summed E-state index contributed by atoms with van der Waals surface area (Å²) in [6, 6.07) is 93.3. The minimum Gasteiger partial charge on any atom is -0.318 e. The van der Waals surface area contributed by atoms with Crippen molar-refractivity contribution in [3.63, 3.8) is 0 Å². The van der Waals surface area contributed by atoms with E-state index in [4.69, 9.17) is 4.85 Å². The van der Waals surface area contributed by atoms with Crippen molar-refractivity contribution in [2.24, 2.45) is 0 Å². The van der Waals surface area contributed by atoms with Crippen LogP contribution in [0.5, 0.6) is 0 Å². The molecule has 4 aromatic heterocycles. The van der Waals surface area contributed by atoms with Crippen molar-refractivity contribution in [3.8, 4) is 73.1 Å². The van der Waals surface area contributed by atoms with Crippen LogP contribution in [0.15, 0.2) is 255 Å². The maximum absolute atomic E-state index is 12.7. The molecule has 0 atom stereocenters. The number of thiophene rings is 2. The summed E-state index contributed by atoms with van der Waals surface area (Å²) in [5.74, 6) is 0. The molecule has 0 N–H and O–H groups in total. The largest absolute Gasteiger partial charge is 0.318 e. The lowest BCUT2D eigenvalue weighted by molar-refractivity contribution is 1.14. The molecule has 80 heavy (non-hydrogen) atoms. The number of hydrogen-bond donors (Lipinski definition) is 0. The molecule has 370 valence electrons. The first-order chi connectivity index (χ1) is 39.6. The van der Waals surface area contributed by atoms with Crippen LogP contribution < -0.4 is 0 Å². The fourth-order valence-corrected chi connectivity index (χ4v) is 15.4. The maximum Gasteiger partial charge on any atom is 0.220 e. The van der Waals surface area contributed by atoms with Gasteiger partial charge in [-0.05, 0) is 80.9 Å². The summed E-state index contributed by atoms with van der Waals surface area (Å²) in [4.78, 5) is 4.73. The molecule has 0 amide bonds. The van der Waals surface area contributed by atoms with Gasteiger partial charge in [-0.15, -0.1) is 22.7 Å². The summed E-state index contributed by atoms with van der Waals surface area (Å²) in [5.41, 5.74) is 15.7. The molecular formula is C74H42N4S2. The topological polar surface area (TPSA) is 38.0 Å². The van der Waals surface area contributed by atoms with Crippen molar-refractivity contribution < 1.29 is 0 Å². The van der Waals surface area contributed by atoms with Crippen molar-refractivity contribution in [1.82, 2.24) is 9.13 Å². The molecule has 6 heteroatoms. The number of fused-ring (bicyclic) bond motifs is 14. The zero-order valence-corrected chi connectivity index (χ0v) is 44.5. The van der Waals surface area contributed by atoms with Crippen LogP contribution in [-0.4, -0.2) is 9.13 Å². The van der Waals surface area contributed by atoms with E-state index in [-0.39, 0.29) is 0 Å². The minimum absolute atomic E-state index is 0.396. The van der Waals surface area contributed by atoms with Crippen LogP contribution in [0.25, 0.3) is 156 Å². The Kier molecular flexibility index (Phi) is 10.4. The molecule has 0 fully saturated rings. The number of benzene rings is 12. The van der Waals surface area contributed by atoms with Crippen molar-refractivity contribution in [2.75, 3.05) is 0 Å². The second kappa shape index (κ2) is 18.1. The second-order valence-electron chi connectivity index (χ2n) is 20.4. The summed E-state index contributed by atoms with van der Waals surface area (Å²) in [7, 11) is 0. The molecule has 0 bridgehead atoms. The zero-order valence-electron chi connectivity index (χ0n) is 42.9. The Morgan fingerprint density at radius 2 is 0.812 bits per heavy atom. The quantitative estimate of drug-likeness (QED) is 0.147. The predicted octanol–water partition coefficient (Wildman–Crippen LogP) is 21.4. The molecule has 0 unspecified atom stereocenters. The number of nitriles is 1. The molecule has 0 radical (unpaired) electrons. The third-order valence-electron chi connectivity index (χ3n) is 16.2. The molecule has 0 aliphatic rings. The van der Waals surface area contributed by atoms with Gasteiger partial charge in [0, 0.05) is 63.6 Å². The summed E-state index contributed by atoms with van der Waals surface area (Å²) in [6.07, 6.45) is 0. The van der Waals surface area contributed by atoms with Gasteiger partial charge in [0.15, 0.2) is 0 Å². The number of hydrogen-bond acceptors (Lipinski definition) is 3. The van der Waals surface area contributed by atoms with E-state index < -0.39 is 0 Å². The fraction of sp³-hybridized carbons (Fsp3) is 0. The van der Waals surface area contributed by atoms with E-state index in [9.17, 15) is 11.8 Å². The van der Waals surface area contributed by atoms with E-state index in [2.05, 4.69) is 252 Å². The Hall–Kier alpha value is -10.3. The number of aromatic nitrogens is 2. The highest BCUT2D eigenvalue weighted by molar-refractivity contribution is 7.27. The third-order valence-corrected chi connectivity index (χ3v) is 18.6. The molecule has 0 saturated heterocycles. The van der Waals surface area contributed by atoms with Gasteiger partial charge >= 0.3 is 0 Å². The fourth-order valence-electron chi connectivity index (χ4n) is 12.7. The SMILES string of the molecule is [C-]#[N+]c1c(-c2cc(-c3ccccc3)cc(-c3ccccc3)c2)c(C#N)c(-n2c3c(ccc4c5ccccc5sc43)c3ccc4c5cccc(-c6ccccc6)c5sc4c32)c(-c2ccccc2)c1-n1c2ccccc2c2ccccc21. The number of nitrogens with zero attached hydrogens (tertiary/aromatic N) is 4. The molecule has 16 aromatic rings. The van der Waals surface area contributed by atoms with E-state index in [0.717, 1.165) is 114 Å². The van der Waals surface area contributed by atoms with Gasteiger partial charge in [0.1, 0.15) is 6.07 Å². The average molecular weight is 1050 g/mol. The van der Waals surface area contributed by atoms with Crippen LogP contribution in [-0.2, 0) is 0 Å². The van der Waals surface area contributed by atoms with Gasteiger partial charge in [0.05, 0.1) is 55.0 Å². The van der Waals surface area contributed by atoms with Crippen molar-refractivity contribution in [2.45, 2.75) is 0 Å². The van der Waals surface area contributed by atoms with Crippen LogP contribution >= 0.6 is 22.7 Å². The molecule has 4 heterocycles. The molecule has 4 nitrogen and oxygen atoms in total. The molecule has 12 aromatic carbocycles. The van der Waals surface area contributed by atoms with Gasteiger partial charge in [0.25, 0.3) is 0 Å². The van der Waals surface area contributed by atoms with E-state index in [1.54, 1.807) is 11.3 Å². The first-order valence-corrected chi connectivity index (χ1v) is 28.4. The normalized spacial score (nSPS) is 11.7. The van der Waals surface area contributed by atoms with Crippen LogP contribution in [0, 0.1) is 17.9 Å². The predicted molar refractivity (Wildman–Crippen MR) is 339 cm³/mol. The maximum atomic E-state index is 12.7. The lowest BCUT2D eigenvalue weighted by Crippen LogP contribution is -2.09. The molecule has 0 aliphatic carbocycles. The summed E-state index contributed by atoms with van der Waals surface area (Å²) < 4.78 is 9.44. The Bertz CT molecular complexity index is 5190. The Balaban J connectivity index is 1.19. The van der Waals surface area contributed by atoms with Crippen molar-refractivity contribution in [1.29, 1.82) is 5.26 Å². The van der Waals surface area contributed by atoms with Gasteiger partial charge in [-0.25, -0.2) is 4.85 Å². The van der Waals surface area contributed by atoms with Gasteiger partial charge in [-0.3, -0.25) is 0 Å². The smallest absolute Gasteiger partial charge is 0.220 e. The Morgan fingerprint density at radius 1 is 0.350 bits per heavy atom. The highest BCUT2D eigenvalue weighted by atomic mass is 32.1. The number of rotatable bonds is 7. The van der Waals surface area contributed by atoms with Crippen LogP contribution in [0.4, 0.5) is 5.69 Å². The van der Waals surface area contributed by atoms with Crippen molar-refractivity contribution in [3.05, 3.63) is 272 Å². The highest BCUT2D eigenvalue weighted by Gasteiger charge is 2.33. The van der Waals surface area contributed by atoms with Crippen molar-refractivity contribution >= 4 is 112 Å². The van der Waals surface area contributed by atoms with Crippen LogP contribution in [0.3, 0.4) is 0 Å². The third kappa shape index (κ3) is 6.77. The second-order valence-corrected chi connectivity index (χ2v) is 22.5. The van der Waals surface area contributed by atoms with Gasteiger partial charge in [0.2, 0.25) is 5.69 Å². The standard InChI is InChI=1S/C74H42N4S2/c1-76-67-65(51-42-49(45-21-6-2-7-22-45)41-50(43-51)46-23-8-3-9-24-46)61(44-75)68(66(48-27-12-5-13-28-48)71(67)77-62-34-17-14-29-53(62)54-30-15-18-35-63(54)77)78-69-56(37-39-59-55-31-16-19-36-64(55)79-73(59)69)57-38-40-60-58-33-20-32-52(47-25-10-4-11-26-47)72(58)80-74(60)70(57)78/h2-43H. The summed E-state index contributed by atoms with van der Waals surface area (Å²) in [6.45, 7) is 9.70. The molecular weight excluding hydrogens is 1010 g/mol. The molecule has 0 spiro atoms. The van der Waals surface area contributed by atoms with Gasteiger partial charge in [-0.2, -0.15) is 5.26 Å². The summed E-state index contributed by atoms with van der Waals surface area (Å²) >= 11 is 3.62. The van der Waals surface area contributed by atoms with E-state index in [1.165, 1.54) is 25.7 Å². The minimum atomic E-state index is 0.396. The first-order valence-electron chi connectivity index (χ1n) is 26.8. The monoisotopic (exact) mass is 1050 g/mol. The first kappa shape index (κ1) is 45.8. The van der Waals surface area contributed by atoms with E-state index >= 15 is 0 Å². The number of para-hydroxylation sites is 2. The van der Waals surface area contributed by atoms with Crippen LogP contribution in [0.1, 0.15) is 5.56 Å². The summed E-state index contributed by atoms with van der Waals surface area (Å²) in [5, 5.41) is 21.7. The molecule has 16 rings (SSSR count).